The van der Waals surface area contributed by atoms with Gasteiger partial charge in [-0.25, -0.2) is 9.78 Å². The lowest BCUT2D eigenvalue weighted by atomic mass is 10.0. The average molecular weight is 307 g/mol. The van der Waals surface area contributed by atoms with Gasteiger partial charge in [0.1, 0.15) is 16.3 Å². The van der Waals surface area contributed by atoms with E-state index in [1.807, 2.05) is 26.0 Å². The number of hydrogen-bond acceptors (Lipinski definition) is 5. The molecule has 2 heterocycles. The number of pyridine rings is 1. The molecule has 21 heavy (non-hydrogen) atoms. The average Bonchev–Trinajstić information content (AvgIpc) is 2.84. The Bertz CT molecular complexity index is 634. The summed E-state index contributed by atoms with van der Waals surface area (Å²) in [6.45, 7) is 8.27. The zero-order valence-electron chi connectivity index (χ0n) is 12.9. The van der Waals surface area contributed by atoms with Crippen LogP contribution in [0.4, 0.5) is 0 Å². The van der Waals surface area contributed by atoms with Crippen LogP contribution in [0.5, 0.6) is 0 Å². The SMILES string of the molecule is CCCSc1ccc2c(C(=O)OCC)c(C(C)C)oc2n1. The Kier molecular flexibility index (Phi) is 5.28. The summed E-state index contributed by atoms with van der Waals surface area (Å²) in [5.74, 6) is 1.43. The van der Waals surface area contributed by atoms with Gasteiger partial charge in [0.05, 0.1) is 12.0 Å². The highest BCUT2D eigenvalue weighted by Gasteiger charge is 2.24. The highest BCUT2D eigenvalue weighted by Crippen LogP contribution is 2.32. The first-order valence-corrected chi connectivity index (χ1v) is 8.30. The molecule has 0 N–H and O–H groups in total. The van der Waals surface area contributed by atoms with Crippen molar-refractivity contribution in [1.29, 1.82) is 0 Å². The van der Waals surface area contributed by atoms with Gasteiger partial charge in [-0.05, 0) is 31.2 Å². The standard InChI is InChI=1S/C16H21NO3S/c1-5-9-21-12-8-7-11-13(16(18)19-6-2)14(10(3)4)20-15(11)17-12/h7-8,10H,5-6,9H2,1-4H3. The molecule has 0 fully saturated rings. The van der Waals surface area contributed by atoms with Crippen molar-refractivity contribution in [2.24, 2.45) is 0 Å². The summed E-state index contributed by atoms with van der Waals surface area (Å²) < 4.78 is 11.0. The van der Waals surface area contributed by atoms with Crippen molar-refractivity contribution in [2.75, 3.05) is 12.4 Å². The van der Waals surface area contributed by atoms with E-state index < -0.39 is 0 Å². The predicted octanol–water partition coefficient (Wildman–Crippen LogP) is 4.63. The van der Waals surface area contributed by atoms with E-state index in [0.29, 0.717) is 23.6 Å². The Hall–Kier alpha value is -1.49. The summed E-state index contributed by atoms with van der Waals surface area (Å²) in [5.41, 5.74) is 1.03. The molecule has 0 aliphatic heterocycles. The van der Waals surface area contributed by atoms with Crippen molar-refractivity contribution in [3.8, 4) is 0 Å². The van der Waals surface area contributed by atoms with Gasteiger partial charge in [-0.2, -0.15) is 0 Å². The number of ether oxygens (including phenoxy) is 1. The highest BCUT2D eigenvalue weighted by atomic mass is 32.2. The Morgan fingerprint density at radius 2 is 2.14 bits per heavy atom. The van der Waals surface area contributed by atoms with Crippen molar-refractivity contribution in [3.63, 3.8) is 0 Å². The molecule has 0 saturated heterocycles. The first-order valence-electron chi connectivity index (χ1n) is 7.31. The van der Waals surface area contributed by atoms with Crippen LogP contribution in [-0.4, -0.2) is 23.3 Å². The number of rotatable bonds is 6. The summed E-state index contributed by atoms with van der Waals surface area (Å²) in [6, 6.07) is 3.84. The van der Waals surface area contributed by atoms with Crippen molar-refractivity contribution < 1.29 is 13.9 Å². The smallest absolute Gasteiger partial charge is 0.342 e. The molecule has 0 aromatic carbocycles. The van der Waals surface area contributed by atoms with Crippen LogP contribution in [0.3, 0.4) is 0 Å². The third kappa shape index (κ3) is 3.40. The molecule has 5 heteroatoms. The van der Waals surface area contributed by atoms with Crippen LogP contribution in [0.25, 0.3) is 11.1 Å². The van der Waals surface area contributed by atoms with Crippen molar-refractivity contribution in [2.45, 2.75) is 45.1 Å². The largest absolute Gasteiger partial charge is 0.462 e. The van der Waals surface area contributed by atoms with Gasteiger partial charge in [-0.3, -0.25) is 0 Å². The lowest BCUT2D eigenvalue weighted by molar-refractivity contribution is 0.0525. The van der Waals surface area contributed by atoms with Crippen molar-refractivity contribution in [3.05, 3.63) is 23.5 Å². The van der Waals surface area contributed by atoms with Gasteiger partial charge in [0, 0.05) is 5.92 Å². The van der Waals surface area contributed by atoms with Gasteiger partial charge in [0.25, 0.3) is 0 Å². The third-order valence-corrected chi connectivity index (χ3v) is 4.15. The molecule has 0 unspecified atom stereocenters. The Morgan fingerprint density at radius 3 is 2.76 bits per heavy atom. The van der Waals surface area contributed by atoms with Crippen LogP contribution >= 0.6 is 11.8 Å². The lowest BCUT2D eigenvalue weighted by Crippen LogP contribution is -2.07. The fraction of sp³-hybridized carbons (Fsp3) is 0.500. The van der Waals surface area contributed by atoms with Gasteiger partial charge in [-0.15, -0.1) is 11.8 Å². The fourth-order valence-electron chi connectivity index (χ4n) is 2.09. The second-order valence-corrected chi connectivity index (χ2v) is 6.18. The number of carbonyl (C=O) groups is 1. The zero-order chi connectivity index (χ0) is 15.4. The van der Waals surface area contributed by atoms with Gasteiger partial charge in [-0.1, -0.05) is 20.8 Å². The molecule has 2 aromatic rings. The highest BCUT2D eigenvalue weighted by molar-refractivity contribution is 7.99. The summed E-state index contributed by atoms with van der Waals surface area (Å²) in [4.78, 5) is 16.7. The van der Waals surface area contributed by atoms with E-state index >= 15 is 0 Å². The summed E-state index contributed by atoms with van der Waals surface area (Å²) in [5, 5.41) is 1.65. The van der Waals surface area contributed by atoms with Crippen LogP contribution in [0.15, 0.2) is 21.6 Å². The minimum absolute atomic E-state index is 0.102. The van der Waals surface area contributed by atoms with E-state index in [9.17, 15) is 4.79 Å². The molecule has 2 aromatic heterocycles. The van der Waals surface area contributed by atoms with E-state index in [1.54, 1.807) is 18.7 Å². The van der Waals surface area contributed by atoms with Crippen molar-refractivity contribution >= 4 is 28.8 Å². The minimum atomic E-state index is -0.337. The molecule has 114 valence electrons. The Labute approximate surface area is 129 Å². The van der Waals surface area contributed by atoms with Crippen LogP contribution in [-0.2, 0) is 4.74 Å². The third-order valence-electron chi connectivity index (χ3n) is 3.02. The minimum Gasteiger partial charge on any atom is -0.462 e. The van der Waals surface area contributed by atoms with Crippen molar-refractivity contribution in [1.82, 2.24) is 4.98 Å². The number of thioether (sulfide) groups is 1. The maximum atomic E-state index is 12.2. The maximum Gasteiger partial charge on any atom is 0.342 e. The van der Waals surface area contributed by atoms with Gasteiger partial charge >= 0.3 is 5.97 Å². The molecule has 2 rings (SSSR count). The summed E-state index contributed by atoms with van der Waals surface area (Å²) in [6.07, 6.45) is 1.09. The molecule has 0 bridgehead atoms. The second kappa shape index (κ2) is 6.98. The molecule has 0 atom stereocenters. The molecular formula is C16H21NO3S. The number of aromatic nitrogens is 1. The lowest BCUT2D eigenvalue weighted by Gasteiger charge is -2.04. The molecule has 0 aliphatic carbocycles. The van der Waals surface area contributed by atoms with Crippen LogP contribution < -0.4 is 0 Å². The van der Waals surface area contributed by atoms with E-state index in [4.69, 9.17) is 9.15 Å². The molecule has 4 nitrogen and oxygen atoms in total. The second-order valence-electron chi connectivity index (χ2n) is 5.07. The fourth-order valence-corrected chi connectivity index (χ4v) is 2.81. The summed E-state index contributed by atoms with van der Waals surface area (Å²) >= 11 is 1.69. The van der Waals surface area contributed by atoms with E-state index in [0.717, 1.165) is 22.6 Å². The Balaban J connectivity index is 2.49. The number of furan rings is 1. The molecule has 0 saturated carbocycles. The molecule has 0 radical (unpaired) electrons. The normalized spacial score (nSPS) is 11.3. The molecule has 0 aliphatic rings. The monoisotopic (exact) mass is 307 g/mol. The number of nitrogens with zero attached hydrogens (tertiary/aromatic N) is 1. The quantitative estimate of drug-likeness (QED) is 0.575. The maximum absolute atomic E-state index is 12.2. The van der Waals surface area contributed by atoms with Crippen LogP contribution in [0.1, 0.15) is 56.2 Å². The molecule has 0 amide bonds. The van der Waals surface area contributed by atoms with Gasteiger partial charge in [0.2, 0.25) is 5.71 Å². The number of esters is 1. The van der Waals surface area contributed by atoms with Gasteiger partial charge in [0.15, 0.2) is 0 Å². The Morgan fingerprint density at radius 1 is 1.38 bits per heavy atom. The summed E-state index contributed by atoms with van der Waals surface area (Å²) in [7, 11) is 0. The van der Waals surface area contributed by atoms with Crippen LogP contribution in [0, 0.1) is 0 Å². The number of fused-ring (bicyclic) bond motifs is 1. The first kappa shape index (κ1) is 15.9. The van der Waals surface area contributed by atoms with Gasteiger partial charge < -0.3 is 9.15 Å². The molecular weight excluding hydrogens is 286 g/mol. The topological polar surface area (TPSA) is 52.3 Å². The van der Waals surface area contributed by atoms with E-state index in [-0.39, 0.29) is 11.9 Å². The number of carbonyl (C=O) groups excluding carboxylic acids is 1. The predicted molar refractivity (Wildman–Crippen MR) is 85.1 cm³/mol. The first-order chi connectivity index (χ1) is 10.1. The van der Waals surface area contributed by atoms with E-state index in [1.165, 1.54) is 0 Å². The number of hydrogen-bond donors (Lipinski definition) is 0. The zero-order valence-corrected chi connectivity index (χ0v) is 13.8. The molecule has 0 spiro atoms. The van der Waals surface area contributed by atoms with E-state index in [2.05, 4.69) is 11.9 Å². The van der Waals surface area contributed by atoms with Crippen LogP contribution in [0.2, 0.25) is 0 Å².